The van der Waals surface area contributed by atoms with Crippen LogP contribution in [-0.4, -0.2) is 23.1 Å². The quantitative estimate of drug-likeness (QED) is 0.875. The van der Waals surface area contributed by atoms with Gasteiger partial charge in [-0.2, -0.15) is 0 Å². The van der Waals surface area contributed by atoms with Gasteiger partial charge in [-0.05, 0) is 26.0 Å². The Bertz CT molecular complexity index is 537. The molecule has 0 spiro atoms. The largest absolute Gasteiger partial charge is 0.497 e. The molecule has 0 saturated carbocycles. The molecule has 4 nitrogen and oxygen atoms in total. The van der Waals surface area contributed by atoms with Crippen LogP contribution >= 0.6 is 0 Å². The number of rotatable bonds is 3. The first-order valence-electron chi connectivity index (χ1n) is 5.67. The van der Waals surface area contributed by atoms with Crippen molar-refractivity contribution >= 4 is 10.9 Å². The highest BCUT2D eigenvalue weighted by Crippen LogP contribution is 2.21. The average Bonchev–Trinajstić information content (AvgIpc) is 2.27. The molecule has 1 unspecified atom stereocenters. The minimum absolute atomic E-state index is 0.0671. The third-order valence-corrected chi connectivity index (χ3v) is 2.65. The Balaban J connectivity index is 2.53. The molecule has 90 valence electrons. The highest BCUT2D eigenvalue weighted by molar-refractivity contribution is 5.82. The fourth-order valence-electron chi connectivity index (χ4n) is 1.83. The molecular weight excluding hydrogens is 214 g/mol. The molecule has 1 heterocycles. The van der Waals surface area contributed by atoms with E-state index in [9.17, 15) is 0 Å². The molecule has 0 amide bonds. The Labute approximate surface area is 101 Å². The molecule has 4 heteroatoms. The molecule has 0 bridgehead atoms. The number of methoxy groups -OCH3 is 1. The summed E-state index contributed by atoms with van der Waals surface area (Å²) in [5.41, 5.74) is 7.66. The van der Waals surface area contributed by atoms with Gasteiger partial charge in [0.2, 0.25) is 0 Å². The van der Waals surface area contributed by atoms with Gasteiger partial charge in [-0.25, -0.2) is 9.97 Å². The van der Waals surface area contributed by atoms with Gasteiger partial charge in [-0.1, -0.05) is 0 Å². The van der Waals surface area contributed by atoms with E-state index in [-0.39, 0.29) is 6.04 Å². The maximum absolute atomic E-state index is 5.77. The van der Waals surface area contributed by atoms with E-state index in [1.165, 1.54) is 0 Å². The van der Waals surface area contributed by atoms with Crippen molar-refractivity contribution in [3.8, 4) is 5.75 Å². The molecule has 0 radical (unpaired) electrons. The highest BCUT2D eigenvalue weighted by atomic mass is 16.5. The molecule has 0 aliphatic heterocycles. The molecule has 17 heavy (non-hydrogen) atoms. The normalized spacial score (nSPS) is 12.7. The molecule has 1 aromatic carbocycles. The summed E-state index contributed by atoms with van der Waals surface area (Å²) in [5.74, 6) is 1.60. The fraction of sp³-hybridized carbons (Fsp3) is 0.385. The molecule has 1 aromatic heterocycles. The van der Waals surface area contributed by atoms with Crippen LogP contribution in [0.1, 0.15) is 18.4 Å². The topological polar surface area (TPSA) is 61.0 Å². The summed E-state index contributed by atoms with van der Waals surface area (Å²) in [4.78, 5) is 8.98. The fourth-order valence-corrected chi connectivity index (χ4v) is 1.83. The van der Waals surface area contributed by atoms with Crippen LogP contribution in [-0.2, 0) is 6.42 Å². The summed E-state index contributed by atoms with van der Waals surface area (Å²) in [6.45, 7) is 3.94. The third kappa shape index (κ3) is 2.53. The van der Waals surface area contributed by atoms with Gasteiger partial charge in [-0.3, -0.25) is 0 Å². The van der Waals surface area contributed by atoms with Crippen LogP contribution in [0.3, 0.4) is 0 Å². The Hall–Kier alpha value is -1.68. The van der Waals surface area contributed by atoms with Crippen molar-refractivity contribution in [1.29, 1.82) is 0 Å². The number of aryl methyl sites for hydroxylation is 1. The Morgan fingerprint density at radius 3 is 2.76 bits per heavy atom. The molecule has 2 aromatic rings. The van der Waals surface area contributed by atoms with Gasteiger partial charge in [0.05, 0.1) is 12.6 Å². The van der Waals surface area contributed by atoms with Crippen molar-refractivity contribution in [3.05, 3.63) is 29.7 Å². The maximum Gasteiger partial charge on any atom is 0.130 e. The van der Waals surface area contributed by atoms with E-state index in [4.69, 9.17) is 10.5 Å². The summed E-state index contributed by atoms with van der Waals surface area (Å²) >= 11 is 0. The highest BCUT2D eigenvalue weighted by Gasteiger charge is 2.07. The van der Waals surface area contributed by atoms with Crippen LogP contribution in [0.4, 0.5) is 0 Å². The van der Waals surface area contributed by atoms with Crippen LogP contribution in [0, 0.1) is 6.92 Å². The van der Waals surface area contributed by atoms with Gasteiger partial charge in [0.15, 0.2) is 0 Å². The van der Waals surface area contributed by atoms with Crippen molar-refractivity contribution in [2.24, 2.45) is 5.73 Å². The van der Waals surface area contributed by atoms with E-state index in [1.807, 2.05) is 32.0 Å². The van der Waals surface area contributed by atoms with Gasteiger partial charge >= 0.3 is 0 Å². The number of ether oxygens (including phenoxy) is 1. The van der Waals surface area contributed by atoms with E-state index >= 15 is 0 Å². The number of nitrogens with two attached hydrogens (primary N) is 1. The zero-order chi connectivity index (χ0) is 12.4. The van der Waals surface area contributed by atoms with Crippen molar-refractivity contribution in [2.45, 2.75) is 26.3 Å². The van der Waals surface area contributed by atoms with Crippen molar-refractivity contribution < 1.29 is 4.74 Å². The Morgan fingerprint density at radius 2 is 2.12 bits per heavy atom. The van der Waals surface area contributed by atoms with Crippen molar-refractivity contribution in [3.63, 3.8) is 0 Å². The summed E-state index contributed by atoms with van der Waals surface area (Å²) < 4.78 is 5.20. The first-order valence-corrected chi connectivity index (χ1v) is 5.67. The molecule has 1 atom stereocenters. The Morgan fingerprint density at radius 1 is 1.35 bits per heavy atom. The first-order chi connectivity index (χ1) is 8.10. The molecule has 0 saturated heterocycles. The second-order valence-electron chi connectivity index (χ2n) is 4.29. The lowest BCUT2D eigenvalue weighted by Gasteiger charge is -2.08. The third-order valence-electron chi connectivity index (χ3n) is 2.65. The van der Waals surface area contributed by atoms with Crippen molar-refractivity contribution in [2.75, 3.05) is 7.11 Å². The minimum Gasteiger partial charge on any atom is -0.497 e. The SMILES string of the molecule is COc1ccc2c(C)nc(CC(C)N)nc2c1. The minimum atomic E-state index is 0.0671. The number of hydrogen-bond acceptors (Lipinski definition) is 4. The molecule has 0 aliphatic rings. The molecule has 0 fully saturated rings. The lowest BCUT2D eigenvalue weighted by molar-refractivity contribution is 0.415. The van der Waals surface area contributed by atoms with E-state index in [2.05, 4.69) is 9.97 Å². The maximum atomic E-state index is 5.77. The first kappa shape index (κ1) is 11.8. The predicted molar refractivity (Wildman–Crippen MR) is 68.2 cm³/mol. The number of aromatic nitrogens is 2. The molecule has 2 rings (SSSR count). The summed E-state index contributed by atoms with van der Waals surface area (Å²) in [7, 11) is 1.65. The average molecular weight is 231 g/mol. The monoisotopic (exact) mass is 231 g/mol. The lowest BCUT2D eigenvalue weighted by atomic mass is 10.1. The number of nitrogens with zero attached hydrogens (tertiary/aromatic N) is 2. The zero-order valence-corrected chi connectivity index (χ0v) is 10.4. The van der Waals surface area contributed by atoms with Gasteiger partial charge in [0, 0.05) is 29.6 Å². The van der Waals surface area contributed by atoms with Crippen molar-refractivity contribution in [1.82, 2.24) is 9.97 Å². The molecular formula is C13H17N3O. The van der Waals surface area contributed by atoms with E-state index in [0.29, 0.717) is 6.42 Å². The number of benzene rings is 1. The van der Waals surface area contributed by atoms with Crippen LogP contribution in [0.2, 0.25) is 0 Å². The lowest BCUT2D eigenvalue weighted by Crippen LogP contribution is -2.19. The van der Waals surface area contributed by atoms with E-state index in [0.717, 1.165) is 28.2 Å². The second kappa shape index (κ2) is 4.67. The Kier molecular flexibility index (Phi) is 3.24. The standard InChI is InChI=1S/C13H17N3O/c1-8(14)6-13-15-9(2)11-5-4-10(17-3)7-12(11)16-13/h4-5,7-8H,6,14H2,1-3H3. The van der Waals surface area contributed by atoms with Crippen LogP contribution in [0.5, 0.6) is 5.75 Å². The number of hydrogen-bond donors (Lipinski definition) is 1. The van der Waals surface area contributed by atoms with Gasteiger partial charge in [-0.15, -0.1) is 0 Å². The van der Waals surface area contributed by atoms with E-state index in [1.54, 1.807) is 7.11 Å². The second-order valence-corrected chi connectivity index (χ2v) is 4.29. The summed E-state index contributed by atoms with van der Waals surface area (Å²) in [5, 5.41) is 1.05. The summed E-state index contributed by atoms with van der Waals surface area (Å²) in [6.07, 6.45) is 0.688. The smallest absolute Gasteiger partial charge is 0.130 e. The van der Waals surface area contributed by atoms with Crippen LogP contribution in [0.25, 0.3) is 10.9 Å². The summed E-state index contributed by atoms with van der Waals surface area (Å²) in [6, 6.07) is 5.90. The van der Waals surface area contributed by atoms with Gasteiger partial charge in [0.25, 0.3) is 0 Å². The molecule has 2 N–H and O–H groups in total. The van der Waals surface area contributed by atoms with Gasteiger partial charge < -0.3 is 10.5 Å². The zero-order valence-electron chi connectivity index (χ0n) is 10.4. The molecule has 0 aliphatic carbocycles. The predicted octanol–water partition coefficient (Wildman–Crippen LogP) is 1.84. The van der Waals surface area contributed by atoms with Gasteiger partial charge in [0.1, 0.15) is 11.6 Å². The van der Waals surface area contributed by atoms with Crippen LogP contribution in [0.15, 0.2) is 18.2 Å². The van der Waals surface area contributed by atoms with E-state index < -0.39 is 0 Å². The van der Waals surface area contributed by atoms with Crippen LogP contribution < -0.4 is 10.5 Å². The number of fused-ring (bicyclic) bond motifs is 1.